The van der Waals surface area contributed by atoms with Gasteiger partial charge in [0.1, 0.15) is 0 Å². The van der Waals surface area contributed by atoms with Gasteiger partial charge in [0.25, 0.3) is 0 Å². The van der Waals surface area contributed by atoms with Gasteiger partial charge in [0.15, 0.2) is 5.96 Å². The fourth-order valence-corrected chi connectivity index (χ4v) is 3.02. The van der Waals surface area contributed by atoms with Crippen LogP contribution in [0.5, 0.6) is 0 Å². The Hall–Kier alpha value is 0.310. The second-order valence-corrected chi connectivity index (χ2v) is 6.87. The maximum absolute atomic E-state index is 10.2. The molecule has 6 heteroatoms. The van der Waals surface area contributed by atoms with Crippen molar-refractivity contribution in [2.24, 2.45) is 10.4 Å². The number of guanidine groups is 1. The van der Waals surface area contributed by atoms with Crippen molar-refractivity contribution in [3.05, 3.63) is 0 Å². The molecule has 0 aliphatic heterocycles. The molecule has 0 heterocycles. The van der Waals surface area contributed by atoms with E-state index in [9.17, 15) is 5.11 Å². The van der Waals surface area contributed by atoms with Crippen molar-refractivity contribution < 1.29 is 5.11 Å². The van der Waals surface area contributed by atoms with Gasteiger partial charge in [-0.2, -0.15) is 11.8 Å². The van der Waals surface area contributed by atoms with E-state index in [1.165, 1.54) is 12.2 Å². The summed E-state index contributed by atoms with van der Waals surface area (Å²) < 4.78 is 0. The molecule has 3 N–H and O–H groups in total. The molecule has 0 amide bonds. The molecule has 126 valence electrons. The lowest BCUT2D eigenvalue weighted by Gasteiger charge is -2.37. The highest BCUT2D eigenvalue weighted by molar-refractivity contribution is 14.0. The first-order chi connectivity index (χ1) is 9.62. The third-order valence-electron chi connectivity index (χ3n) is 4.04. The number of aliphatic hydroxyl groups is 1. The number of aliphatic hydroxyl groups excluding tert-OH is 1. The van der Waals surface area contributed by atoms with Crippen molar-refractivity contribution in [1.29, 1.82) is 0 Å². The SMILES string of the molecule is CCNC(=NCC1(C)CCCCC1O)NCCCSC.I. The lowest BCUT2D eigenvalue weighted by Crippen LogP contribution is -2.42. The van der Waals surface area contributed by atoms with Crippen LogP contribution in [0.4, 0.5) is 0 Å². The average Bonchev–Trinajstić information content (AvgIpc) is 2.44. The monoisotopic (exact) mass is 429 g/mol. The van der Waals surface area contributed by atoms with Crippen LogP contribution in [0.15, 0.2) is 4.99 Å². The van der Waals surface area contributed by atoms with E-state index in [1.54, 1.807) is 0 Å². The smallest absolute Gasteiger partial charge is 0.191 e. The Bertz CT molecular complexity index is 305. The highest BCUT2D eigenvalue weighted by Crippen LogP contribution is 2.36. The minimum Gasteiger partial charge on any atom is -0.392 e. The third kappa shape index (κ3) is 7.93. The molecule has 0 aromatic rings. The van der Waals surface area contributed by atoms with E-state index in [0.717, 1.165) is 44.7 Å². The van der Waals surface area contributed by atoms with Crippen LogP contribution in [-0.4, -0.2) is 48.8 Å². The molecule has 0 bridgehead atoms. The van der Waals surface area contributed by atoms with Crippen LogP contribution in [0.25, 0.3) is 0 Å². The molecule has 2 unspecified atom stereocenters. The molecule has 1 saturated carbocycles. The van der Waals surface area contributed by atoms with E-state index in [1.807, 2.05) is 11.8 Å². The molecule has 0 saturated heterocycles. The fraction of sp³-hybridized carbons (Fsp3) is 0.933. The van der Waals surface area contributed by atoms with Gasteiger partial charge in [-0.3, -0.25) is 4.99 Å². The normalized spacial score (nSPS) is 26.1. The first kappa shape index (κ1) is 21.3. The van der Waals surface area contributed by atoms with E-state index in [-0.39, 0.29) is 35.5 Å². The van der Waals surface area contributed by atoms with Gasteiger partial charge in [0.05, 0.1) is 12.6 Å². The van der Waals surface area contributed by atoms with Gasteiger partial charge in [0.2, 0.25) is 0 Å². The molecule has 21 heavy (non-hydrogen) atoms. The van der Waals surface area contributed by atoms with E-state index < -0.39 is 0 Å². The Morgan fingerprint density at radius 1 is 1.38 bits per heavy atom. The van der Waals surface area contributed by atoms with Crippen molar-refractivity contribution in [1.82, 2.24) is 10.6 Å². The average molecular weight is 429 g/mol. The molecule has 1 aliphatic carbocycles. The lowest BCUT2D eigenvalue weighted by atomic mass is 9.73. The molecule has 1 aliphatic rings. The second kappa shape index (κ2) is 11.8. The number of rotatable bonds is 7. The zero-order chi connectivity index (χ0) is 14.8. The summed E-state index contributed by atoms with van der Waals surface area (Å²) in [5.41, 5.74) is -0.0557. The number of nitrogens with one attached hydrogen (secondary N) is 2. The van der Waals surface area contributed by atoms with Gasteiger partial charge in [-0.1, -0.05) is 19.8 Å². The summed E-state index contributed by atoms with van der Waals surface area (Å²) in [6, 6.07) is 0. The van der Waals surface area contributed by atoms with Crippen LogP contribution in [0.3, 0.4) is 0 Å². The summed E-state index contributed by atoms with van der Waals surface area (Å²) >= 11 is 1.87. The van der Waals surface area contributed by atoms with Gasteiger partial charge >= 0.3 is 0 Å². The summed E-state index contributed by atoms with van der Waals surface area (Å²) in [6.45, 7) is 6.76. The van der Waals surface area contributed by atoms with E-state index in [2.05, 4.69) is 35.7 Å². The summed E-state index contributed by atoms with van der Waals surface area (Å²) in [5, 5.41) is 16.9. The van der Waals surface area contributed by atoms with Crippen LogP contribution < -0.4 is 10.6 Å². The summed E-state index contributed by atoms with van der Waals surface area (Å²) in [4.78, 5) is 4.68. The number of hydrogen-bond donors (Lipinski definition) is 3. The Labute approximate surface area is 151 Å². The fourth-order valence-electron chi connectivity index (χ4n) is 2.59. The van der Waals surface area contributed by atoms with Crippen molar-refractivity contribution in [3.8, 4) is 0 Å². The van der Waals surface area contributed by atoms with Crippen molar-refractivity contribution in [2.45, 2.75) is 52.1 Å². The summed E-state index contributed by atoms with van der Waals surface area (Å²) in [7, 11) is 0. The summed E-state index contributed by atoms with van der Waals surface area (Å²) in [6.07, 6.45) is 7.41. The maximum Gasteiger partial charge on any atom is 0.191 e. The number of aliphatic imine (C=N–C) groups is 1. The predicted octanol–water partition coefficient (Wildman–Crippen LogP) is 2.85. The lowest BCUT2D eigenvalue weighted by molar-refractivity contribution is 0.00716. The molecular formula is C15H32IN3OS. The molecule has 2 atom stereocenters. The first-order valence-corrected chi connectivity index (χ1v) is 9.21. The molecule has 4 nitrogen and oxygen atoms in total. The highest BCUT2D eigenvalue weighted by atomic mass is 127. The zero-order valence-corrected chi connectivity index (χ0v) is 16.8. The van der Waals surface area contributed by atoms with Crippen LogP contribution >= 0.6 is 35.7 Å². The minimum absolute atomic E-state index is 0. The Morgan fingerprint density at radius 2 is 2.14 bits per heavy atom. The van der Waals surface area contributed by atoms with Crippen molar-refractivity contribution >= 4 is 41.7 Å². The highest BCUT2D eigenvalue weighted by Gasteiger charge is 2.35. The van der Waals surface area contributed by atoms with Gasteiger partial charge in [-0.05, 0) is 38.2 Å². The van der Waals surface area contributed by atoms with E-state index in [4.69, 9.17) is 0 Å². The molecule has 0 aromatic heterocycles. The standard InChI is InChI=1S/C15H31N3OS.HI/c1-4-16-14(17-10-7-11-20-3)18-12-15(2)9-6-5-8-13(15)19;/h13,19H,4-12H2,1-3H3,(H2,16,17,18);1H. The van der Waals surface area contributed by atoms with E-state index >= 15 is 0 Å². The van der Waals surface area contributed by atoms with E-state index in [0.29, 0.717) is 6.54 Å². The van der Waals surface area contributed by atoms with Gasteiger partial charge in [0, 0.05) is 18.5 Å². The Morgan fingerprint density at radius 3 is 2.76 bits per heavy atom. The zero-order valence-electron chi connectivity index (χ0n) is 13.7. The number of thioether (sulfide) groups is 1. The second-order valence-electron chi connectivity index (χ2n) is 5.88. The quantitative estimate of drug-likeness (QED) is 0.252. The third-order valence-corrected chi connectivity index (χ3v) is 4.74. The minimum atomic E-state index is -0.209. The van der Waals surface area contributed by atoms with Crippen LogP contribution in [0.1, 0.15) is 46.0 Å². The molecule has 1 fully saturated rings. The number of nitrogens with zero attached hydrogens (tertiary/aromatic N) is 1. The number of halogens is 1. The summed E-state index contributed by atoms with van der Waals surface area (Å²) in [5.74, 6) is 2.05. The Balaban J connectivity index is 0.00000400. The number of hydrogen-bond acceptors (Lipinski definition) is 3. The molecular weight excluding hydrogens is 397 g/mol. The molecule has 0 radical (unpaired) electrons. The van der Waals surface area contributed by atoms with Gasteiger partial charge < -0.3 is 15.7 Å². The molecule has 0 aromatic carbocycles. The van der Waals surface area contributed by atoms with Gasteiger partial charge in [-0.25, -0.2) is 0 Å². The largest absolute Gasteiger partial charge is 0.392 e. The van der Waals surface area contributed by atoms with Crippen molar-refractivity contribution in [3.63, 3.8) is 0 Å². The van der Waals surface area contributed by atoms with Crippen molar-refractivity contribution in [2.75, 3.05) is 31.6 Å². The molecule has 1 rings (SSSR count). The predicted molar refractivity (Wildman–Crippen MR) is 105 cm³/mol. The topological polar surface area (TPSA) is 56.7 Å². The molecule has 0 spiro atoms. The first-order valence-electron chi connectivity index (χ1n) is 7.81. The van der Waals surface area contributed by atoms with Crippen LogP contribution in [0, 0.1) is 5.41 Å². The van der Waals surface area contributed by atoms with Crippen LogP contribution in [0.2, 0.25) is 0 Å². The van der Waals surface area contributed by atoms with Gasteiger partial charge in [-0.15, -0.1) is 24.0 Å². The maximum atomic E-state index is 10.2. The Kier molecular flexibility index (Phi) is 12.0. The van der Waals surface area contributed by atoms with Crippen LogP contribution in [-0.2, 0) is 0 Å².